The molecule has 0 heterocycles. The second kappa shape index (κ2) is 3.50. The van der Waals surface area contributed by atoms with Crippen LogP contribution in [-0.4, -0.2) is 6.54 Å². The van der Waals surface area contributed by atoms with Crippen molar-refractivity contribution in [2.45, 2.75) is 6.92 Å². The van der Waals surface area contributed by atoms with Crippen molar-refractivity contribution in [3.63, 3.8) is 0 Å². The fraction of sp³-hybridized carbons (Fsp3) is 0.200. The van der Waals surface area contributed by atoms with Gasteiger partial charge >= 0.3 is 0 Å². The molecule has 0 aliphatic carbocycles. The van der Waals surface area contributed by atoms with Gasteiger partial charge in [0.15, 0.2) is 0 Å². The van der Waals surface area contributed by atoms with E-state index in [1.807, 2.05) is 6.07 Å². The minimum Gasteiger partial charge on any atom is -0.326 e. The molecule has 1 aromatic carbocycles. The van der Waals surface area contributed by atoms with Crippen molar-refractivity contribution < 1.29 is 4.39 Å². The van der Waals surface area contributed by atoms with Gasteiger partial charge in [0.05, 0.1) is 0 Å². The Bertz CT molecular complexity index is 305. The van der Waals surface area contributed by atoms with Gasteiger partial charge in [-0.05, 0) is 29.7 Å². The SMILES string of the molecule is C=C(CN)c1cccc(F)c1C. The molecule has 0 aliphatic heterocycles. The molecule has 1 aromatic rings. The van der Waals surface area contributed by atoms with Crippen molar-refractivity contribution >= 4 is 5.57 Å². The van der Waals surface area contributed by atoms with E-state index < -0.39 is 0 Å². The Morgan fingerprint density at radius 3 is 2.83 bits per heavy atom. The molecule has 1 rings (SSSR count). The summed E-state index contributed by atoms with van der Waals surface area (Å²) in [5, 5.41) is 0. The summed E-state index contributed by atoms with van der Waals surface area (Å²) >= 11 is 0. The van der Waals surface area contributed by atoms with Crippen LogP contribution in [0, 0.1) is 12.7 Å². The van der Waals surface area contributed by atoms with Crippen LogP contribution in [0.2, 0.25) is 0 Å². The average molecular weight is 165 g/mol. The molecule has 0 aromatic heterocycles. The Balaban J connectivity index is 3.16. The van der Waals surface area contributed by atoms with Gasteiger partial charge in [-0.1, -0.05) is 18.7 Å². The van der Waals surface area contributed by atoms with E-state index in [1.165, 1.54) is 6.07 Å². The van der Waals surface area contributed by atoms with E-state index in [2.05, 4.69) is 6.58 Å². The number of benzene rings is 1. The lowest BCUT2D eigenvalue weighted by atomic mass is 10.0. The predicted molar refractivity (Wildman–Crippen MR) is 49.2 cm³/mol. The molecular weight excluding hydrogens is 153 g/mol. The highest BCUT2D eigenvalue weighted by Gasteiger charge is 2.04. The molecule has 1 nitrogen and oxygen atoms in total. The summed E-state index contributed by atoms with van der Waals surface area (Å²) in [6, 6.07) is 4.93. The molecule has 0 fully saturated rings. The Morgan fingerprint density at radius 2 is 2.25 bits per heavy atom. The molecule has 12 heavy (non-hydrogen) atoms. The van der Waals surface area contributed by atoms with Gasteiger partial charge in [-0.3, -0.25) is 0 Å². The third-order valence-electron chi connectivity index (χ3n) is 1.89. The Hall–Kier alpha value is -1.15. The monoisotopic (exact) mass is 165 g/mol. The molecular formula is C10H12FN. The number of halogens is 1. The maximum Gasteiger partial charge on any atom is 0.126 e. The third kappa shape index (κ3) is 1.53. The number of hydrogen-bond donors (Lipinski definition) is 1. The fourth-order valence-corrected chi connectivity index (χ4v) is 1.10. The first-order valence-corrected chi connectivity index (χ1v) is 3.80. The Labute approximate surface area is 71.7 Å². The largest absolute Gasteiger partial charge is 0.326 e. The summed E-state index contributed by atoms with van der Waals surface area (Å²) in [4.78, 5) is 0. The van der Waals surface area contributed by atoms with Crippen LogP contribution in [0.25, 0.3) is 5.57 Å². The van der Waals surface area contributed by atoms with Gasteiger partial charge in [0.1, 0.15) is 5.82 Å². The smallest absolute Gasteiger partial charge is 0.126 e. The van der Waals surface area contributed by atoms with Crippen LogP contribution in [0.3, 0.4) is 0 Å². The van der Waals surface area contributed by atoms with Crippen molar-refractivity contribution in [3.8, 4) is 0 Å². The molecule has 0 spiro atoms. The molecule has 0 atom stereocenters. The zero-order valence-corrected chi connectivity index (χ0v) is 7.10. The highest BCUT2D eigenvalue weighted by Crippen LogP contribution is 2.18. The van der Waals surface area contributed by atoms with Gasteiger partial charge in [0.2, 0.25) is 0 Å². The molecule has 0 saturated carbocycles. The fourth-order valence-electron chi connectivity index (χ4n) is 1.10. The summed E-state index contributed by atoms with van der Waals surface area (Å²) < 4.78 is 13.0. The van der Waals surface area contributed by atoms with E-state index >= 15 is 0 Å². The van der Waals surface area contributed by atoms with Crippen LogP contribution >= 0.6 is 0 Å². The van der Waals surface area contributed by atoms with E-state index in [4.69, 9.17) is 5.73 Å². The standard InChI is InChI=1S/C10H12FN/c1-7(6-12)9-4-3-5-10(11)8(9)2/h3-5H,1,6,12H2,2H3. The molecule has 0 unspecified atom stereocenters. The first-order chi connectivity index (χ1) is 5.66. The number of nitrogens with two attached hydrogens (primary N) is 1. The topological polar surface area (TPSA) is 26.0 Å². The molecule has 0 radical (unpaired) electrons. The van der Waals surface area contributed by atoms with Gasteiger partial charge in [0, 0.05) is 6.54 Å². The highest BCUT2D eigenvalue weighted by atomic mass is 19.1. The number of hydrogen-bond acceptors (Lipinski definition) is 1. The molecule has 0 aliphatic rings. The molecule has 0 bridgehead atoms. The lowest BCUT2D eigenvalue weighted by molar-refractivity contribution is 0.618. The van der Waals surface area contributed by atoms with Gasteiger partial charge in [0.25, 0.3) is 0 Å². The van der Waals surface area contributed by atoms with Crippen molar-refractivity contribution in [2.75, 3.05) is 6.54 Å². The van der Waals surface area contributed by atoms with Gasteiger partial charge in [-0.2, -0.15) is 0 Å². The lowest BCUT2D eigenvalue weighted by Gasteiger charge is -2.06. The lowest BCUT2D eigenvalue weighted by Crippen LogP contribution is -2.03. The zero-order chi connectivity index (χ0) is 9.14. The predicted octanol–water partition coefficient (Wildman–Crippen LogP) is 2.11. The van der Waals surface area contributed by atoms with Crippen molar-refractivity contribution in [1.82, 2.24) is 0 Å². The van der Waals surface area contributed by atoms with Crippen molar-refractivity contribution in [1.29, 1.82) is 0 Å². The summed E-state index contributed by atoms with van der Waals surface area (Å²) in [6.07, 6.45) is 0. The maximum atomic E-state index is 13.0. The second-order valence-corrected chi connectivity index (χ2v) is 2.72. The van der Waals surface area contributed by atoms with Crippen LogP contribution in [0.4, 0.5) is 4.39 Å². The van der Waals surface area contributed by atoms with Crippen molar-refractivity contribution in [2.24, 2.45) is 5.73 Å². The Morgan fingerprint density at radius 1 is 1.58 bits per heavy atom. The first-order valence-electron chi connectivity index (χ1n) is 3.80. The molecule has 64 valence electrons. The normalized spacial score (nSPS) is 9.92. The zero-order valence-electron chi connectivity index (χ0n) is 7.10. The van der Waals surface area contributed by atoms with Crippen LogP contribution < -0.4 is 5.73 Å². The summed E-state index contributed by atoms with van der Waals surface area (Å²) in [6.45, 7) is 5.85. The number of rotatable bonds is 2. The van der Waals surface area contributed by atoms with Gasteiger partial charge in [-0.25, -0.2) is 4.39 Å². The highest BCUT2D eigenvalue weighted by molar-refractivity contribution is 5.67. The van der Waals surface area contributed by atoms with Crippen LogP contribution in [0.5, 0.6) is 0 Å². The van der Waals surface area contributed by atoms with E-state index in [9.17, 15) is 4.39 Å². The quantitative estimate of drug-likeness (QED) is 0.713. The van der Waals surface area contributed by atoms with Crippen LogP contribution in [-0.2, 0) is 0 Å². The van der Waals surface area contributed by atoms with E-state index in [-0.39, 0.29) is 5.82 Å². The van der Waals surface area contributed by atoms with Gasteiger partial charge < -0.3 is 5.73 Å². The van der Waals surface area contributed by atoms with Crippen LogP contribution in [0.1, 0.15) is 11.1 Å². The second-order valence-electron chi connectivity index (χ2n) is 2.72. The summed E-state index contributed by atoms with van der Waals surface area (Å²) in [5.74, 6) is -0.206. The molecule has 2 heteroatoms. The van der Waals surface area contributed by atoms with E-state index in [0.29, 0.717) is 12.1 Å². The van der Waals surface area contributed by atoms with Crippen molar-refractivity contribution in [3.05, 3.63) is 41.7 Å². The van der Waals surface area contributed by atoms with E-state index in [0.717, 1.165) is 11.1 Å². The Kier molecular flexibility index (Phi) is 2.61. The maximum absolute atomic E-state index is 13.0. The average Bonchev–Trinajstić information content (AvgIpc) is 2.08. The van der Waals surface area contributed by atoms with Crippen LogP contribution in [0.15, 0.2) is 24.8 Å². The van der Waals surface area contributed by atoms with E-state index in [1.54, 1.807) is 13.0 Å². The molecule has 0 amide bonds. The molecule has 2 N–H and O–H groups in total. The summed E-state index contributed by atoms with van der Waals surface area (Å²) in [5.41, 5.74) is 7.61. The minimum atomic E-state index is -0.206. The third-order valence-corrected chi connectivity index (χ3v) is 1.89. The first kappa shape index (κ1) is 8.94. The van der Waals surface area contributed by atoms with Gasteiger partial charge in [-0.15, -0.1) is 0 Å². The minimum absolute atomic E-state index is 0.206. The summed E-state index contributed by atoms with van der Waals surface area (Å²) in [7, 11) is 0. The molecule has 0 saturated heterocycles.